The van der Waals surface area contributed by atoms with Crippen molar-refractivity contribution in [2.75, 3.05) is 0 Å². The average molecular weight is 262 g/mol. The van der Waals surface area contributed by atoms with E-state index >= 15 is 0 Å². The first-order valence-electron chi connectivity index (χ1n) is 3.75. The summed E-state index contributed by atoms with van der Waals surface area (Å²) >= 11 is 0.611. The molecule has 1 aromatic heterocycles. The molecule has 0 saturated heterocycles. The summed E-state index contributed by atoms with van der Waals surface area (Å²) in [5, 5.41) is 9.97. The lowest BCUT2D eigenvalue weighted by molar-refractivity contribution is -0.352. The molecule has 8 heteroatoms. The van der Waals surface area contributed by atoms with Crippen LogP contribution < -0.4 is 0 Å². The lowest BCUT2D eigenvalue weighted by atomic mass is 9.97. The zero-order chi connectivity index (χ0) is 12.6. The molecule has 0 spiro atoms. The minimum atomic E-state index is -5.87. The van der Waals surface area contributed by atoms with E-state index in [1.54, 1.807) is 0 Å². The molecule has 1 N–H and O–H groups in total. The molecular weight excluding hydrogens is 258 g/mol. The molecule has 1 aromatic rings. The lowest BCUT2D eigenvalue weighted by Crippen LogP contribution is -2.57. The Labute approximate surface area is 90.3 Å². The van der Waals surface area contributed by atoms with Crippen LogP contribution in [0.3, 0.4) is 0 Å². The SMILES string of the molecule is OC([C]c1cccs1)(C(F)(F)F)C(F)(F)F. The molecule has 0 atom stereocenters. The molecule has 1 heterocycles. The first-order chi connectivity index (χ1) is 7.08. The Morgan fingerprint density at radius 3 is 1.88 bits per heavy atom. The van der Waals surface area contributed by atoms with E-state index in [4.69, 9.17) is 5.11 Å². The predicted molar refractivity (Wildman–Crippen MR) is 43.7 cm³/mol. The normalized spacial score (nSPS) is 14.2. The standard InChI is InChI=1S/C8H4F6OS/c9-7(10,11)6(15,8(12,13)14)4-5-2-1-3-16-5/h1-3,15H. The van der Waals surface area contributed by atoms with Gasteiger partial charge in [0.15, 0.2) is 0 Å². The van der Waals surface area contributed by atoms with Gasteiger partial charge in [-0.15, -0.1) is 11.3 Å². The molecule has 0 aliphatic carbocycles. The highest BCUT2D eigenvalue weighted by molar-refractivity contribution is 7.10. The molecule has 1 nitrogen and oxygen atoms in total. The zero-order valence-electron chi connectivity index (χ0n) is 7.36. The molecule has 0 unspecified atom stereocenters. The van der Waals surface area contributed by atoms with Crippen molar-refractivity contribution in [3.05, 3.63) is 28.8 Å². The minimum Gasteiger partial charge on any atom is -0.373 e. The third kappa shape index (κ3) is 2.32. The van der Waals surface area contributed by atoms with Crippen LogP contribution in [0.1, 0.15) is 4.88 Å². The van der Waals surface area contributed by atoms with Crippen LogP contribution in [0.5, 0.6) is 0 Å². The minimum absolute atomic E-state index is 0.433. The number of aliphatic hydroxyl groups is 1. The van der Waals surface area contributed by atoms with Gasteiger partial charge in [0.2, 0.25) is 0 Å². The summed E-state index contributed by atoms with van der Waals surface area (Å²) in [6, 6.07) is 2.24. The van der Waals surface area contributed by atoms with E-state index in [0.717, 1.165) is 12.5 Å². The van der Waals surface area contributed by atoms with Gasteiger partial charge in [-0.2, -0.15) is 26.3 Å². The Bertz CT molecular complexity index is 324. The summed E-state index contributed by atoms with van der Waals surface area (Å²) in [5.41, 5.74) is -4.94. The molecule has 0 amide bonds. The van der Waals surface area contributed by atoms with Crippen LogP contribution in [0.4, 0.5) is 26.3 Å². The second-order valence-corrected chi connectivity index (χ2v) is 3.76. The quantitative estimate of drug-likeness (QED) is 0.812. The third-order valence-corrected chi connectivity index (χ3v) is 2.43. The van der Waals surface area contributed by atoms with E-state index in [9.17, 15) is 26.3 Å². The second-order valence-electron chi connectivity index (χ2n) is 2.81. The van der Waals surface area contributed by atoms with Gasteiger partial charge in [0.25, 0.3) is 5.60 Å². The Morgan fingerprint density at radius 1 is 1.06 bits per heavy atom. The Balaban J connectivity index is 3.07. The van der Waals surface area contributed by atoms with Gasteiger partial charge in [-0.05, 0) is 11.4 Å². The van der Waals surface area contributed by atoms with Crippen LogP contribution >= 0.6 is 11.3 Å². The Kier molecular flexibility index (Phi) is 3.26. The topological polar surface area (TPSA) is 20.2 Å². The molecule has 2 radical (unpaired) electrons. The molecular formula is C8H4F6OS. The van der Waals surface area contributed by atoms with Crippen molar-refractivity contribution in [2.45, 2.75) is 18.0 Å². The number of hydrogen-bond acceptors (Lipinski definition) is 2. The lowest BCUT2D eigenvalue weighted by Gasteiger charge is -2.31. The Hall–Kier alpha value is -0.760. The largest absolute Gasteiger partial charge is 0.427 e. The number of rotatable bonds is 2. The summed E-state index contributed by atoms with van der Waals surface area (Å²) in [6.45, 7) is 0. The van der Waals surface area contributed by atoms with Gasteiger partial charge in [0.05, 0.1) is 6.42 Å². The van der Waals surface area contributed by atoms with Crippen LogP contribution in [0, 0.1) is 6.42 Å². The van der Waals surface area contributed by atoms with E-state index in [0.29, 0.717) is 11.3 Å². The molecule has 16 heavy (non-hydrogen) atoms. The van der Waals surface area contributed by atoms with Crippen molar-refractivity contribution in [1.29, 1.82) is 0 Å². The number of thiophene rings is 1. The molecule has 0 aliphatic heterocycles. The third-order valence-electron chi connectivity index (χ3n) is 1.65. The van der Waals surface area contributed by atoms with Gasteiger partial charge in [0.1, 0.15) is 0 Å². The number of halogens is 6. The highest BCUT2D eigenvalue weighted by atomic mass is 32.1. The molecule has 0 aliphatic rings. The van der Waals surface area contributed by atoms with Crippen LogP contribution in [0.15, 0.2) is 17.5 Å². The first-order valence-corrected chi connectivity index (χ1v) is 4.63. The average Bonchev–Trinajstić information content (AvgIpc) is 2.52. The highest BCUT2D eigenvalue weighted by Crippen LogP contribution is 2.46. The summed E-state index contributed by atoms with van der Waals surface area (Å²) in [5.74, 6) is 0. The van der Waals surface area contributed by atoms with Crippen molar-refractivity contribution in [1.82, 2.24) is 0 Å². The maximum absolute atomic E-state index is 12.2. The number of hydrogen-bond donors (Lipinski definition) is 1. The first kappa shape index (κ1) is 13.3. The van der Waals surface area contributed by atoms with E-state index in [2.05, 4.69) is 0 Å². The summed E-state index contributed by atoms with van der Waals surface area (Å²) in [6.07, 6.45) is -10.7. The van der Waals surface area contributed by atoms with Crippen LogP contribution in [0.2, 0.25) is 0 Å². The van der Waals surface area contributed by atoms with Gasteiger partial charge in [0, 0.05) is 4.88 Å². The van der Waals surface area contributed by atoms with Crippen molar-refractivity contribution in [3.63, 3.8) is 0 Å². The van der Waals surface area contributed by atoms with E-state index in [-0.39, 0.29) is 0 Å². The van der Waals surface area contributed by atoms with Crippen molar-refractivity contribution in [2.24, 2.45) is 0 Å². The summed E-state index contributed by atoms with van der Waals surface area (Å²) < 4.78 is 73.0. The van der Waals surface area contributed by atoms with Crippen molar-refractivity contribution < 1.29 is 31.4 Å². The van der Waals surface area contributed by atoms with E-state index in [1.165, 1.54) is 11.4 Å². The van der Waals surface area contributed by atoms with Gasteiger partial charge in [-0.1, -0.05) is 6.07 Å². The van der Waals surface area contributed by atoms with Crippen molar-refractivity contribution >= 4 is 11.3 Å². The van der Waals surface area contributed by atoms with Gasteiger partial charge >= 0.3 is 12.4 Å². The smallest absolute Gasteiger partial charge is 0.373 e. The van der Waals surface area contributed by atoms with Crippen LogP contribution in [-0.2, 0) is 0 Å². The van der Waals surface area contributed by atoms with Gasteiger partial charge in [-0.25, -0.2) is 0 Å². The molecule has 0 aromatic carbocycles. The predicted octanol–water partition coefficient (Wildman–Crippen LogP) is 3.03. The fourth-order valence-electron chi connectivity index (χ4n) is 0.830. The molecule has 0 fully saturated rings. The molecule has 0 saturated carbocycles. The molecule has 0 bridgehead atoms. The van der Waals surface area contributed by atoms with Crippen LogP contribution in [-0.4, -0.2) is 23.1 Å². The molecule has 1 rings (SSSR count). The fraction of sp³-hybridized carbons (Fsp3) is 0.375. The Morgan fingerprint density at radius 2 is 1.56 bits per heavy atom. The zero-order valence-corrected chi connectivity index (χ0v) is 8.17. The van der Waals surface area contributed by atoms with E-state index in [1.807, 2.05) is 0 Å². The fourth-order valence-corrected chi connectivity index (χ4v) is 1.50. The second kappa shape index (κ2) is 3.92. The summed E-state index contributed by atoms with van der Waals surface area (Å²) in [4.78, 5) is -0.433. The van der Waals surface area contributed by atoms with E-state index < -0.39 is 22.8 Å². The summed E-state index contributed by atoms with van der Waals surface area (Å²) in [7, 11) is 0. The highest BCUT2D eigenvalue weighted by Gasteiger charge is 2.70. The van der Waals surface area contributed by atoms with Crippen molar-refractivity contribution in [3.8, 4) is 0 Å². The number of alkyl halides is 6. The van der Waals surface area contributed by atoms with Gasteiger partial charge in [-0.3, -0.25) is 0 Å². The van der Waals surface area contributed by atoms with Crippen LogP contribution in [0.25, 0.3) is 0 Å². The maximum atomic E-state index is 12.2. The van der Waals surface area contributed by atoms with Gasteiger partial charge < -0.3 is 5.11 Å². The monoisotopic (exact) mass is 262 g/mol. The molecule has 90 valence electrons. The maximum Gasteiger partial charge on any atom is 0.427 e.